The van der Waals surface area contributed by atoms with E-state index in [0.717, 1.165) is 10.5 Å². The van der Waals surface area contributed by atoms with Gasteiger partial charge in [0, 0.05) is 18.7 Å². The summed E-state index contributed by atoms with van der Waals surface area (Å²) in [6.07, 6.45) is 5.57. The summed E-state index contributed by atoms with van der Waals surface area (Å²) in [5.74, 6) is -0.614. The minimum Gasteiger partial charge on any atom is -0.497 e. The maximum Gasteiger partial charge on any atom is 0.350 e. The lowest BCUT2D eigenvalue weighted by atomic mass is 9.91. The number of hydrogen-bond donors (Lipinski definition) is 1. The zero-order valence-corrected chi connectivity index (χ0v) is 18.0. The Bertz CT molecular complexity index is 931. The van der Waals surface area contributed by atoms with Gasteiger partial charge in [0.2, 0.25) is 5.91 Å². The molecule has 0 spiro atoms. The largest absolute Gasteiger partial charge is 0.497 e. The summed E-state index contributed by atoms with van der Waals surface area (Å²) in [6.45, 7) is 5.07. The summed E-state index contributed by atoms with van der Waals surface area (Å²) in [6, 6.07) is 6.50. The average Bonchev–Trinajstić information content (AvgIpc) is 2.76. The first-order chi connectivity index (χ1) is 14.9. The number of aliphatic imine (C=N–C) groups is 1. The summed E-state index contributed by atoms with van der Waals surface area (Å²) in [7, 11) is 1.57. The molecule has 0 aromatic heterocycles. The quantitative estimate of drug-likeness (QED) is 0.614. The van der Waals surface area contributed by atoms with E-state index in [1.807, 2.05) is 13.8 Å². The van der Waals surface area contributed by atoms with E-state index >= 15 is 0 Å². The minimum absolute atomic E-state index is 0.123. The molecule has 0 saturated carbocycles. The van der Waals surface area contributed by atoms with Crippen LogP contribution in [-0.4, -0.2) is 54.8 Å². The number of carbonyl (C=O) groups is 3. The van der Waals surface area contributed by atoms with Crippen molar-refractivity contribution in [1.29, 1.82) is 0 Å². The highest BCUT2D eigenvalue weighted by Crippen LogP contribution is 2.24. The van der Waals surface area contributed by atoms with E-state index in [1.54, 1.807) is 43.5 Å². The Morgan fingerprint density at radius 1 is 1.23 bits per heavy atom. The van der Waals surface area contributed by atoms with Gasteiger partial charge in [-0.25, -0.2) is 4.79 Å². The van der Waals surface area contributed by atoms with Crippen molar-refractivity contribution in [2.75, 3.05) is 20.3 Å². The van der Waals surface area contributed by atoms with E-state index < -0.39 is 11.9 Å². The molecule has 1 aliphatic carbocycles. The Labute approximate surface area is 181 Å². The molecule has 0 radical (unpaired) electrons. The number of ether oxygens (including phenoxy) is 2. The summed E-state index contributed by atoms with van der Waals surface area (Å²) in [5.41, 5.74) is 1.44. The van der Waals surface area contributed by atoms with Crippen LogP contribution in [0.3, 0.4) is 0 Å². The second-order valence-corrected chi connectivity index (χ2v) is 7.56. The molecule has 8 nitrogen and oxygen atoms in total. The number of carbonyl (C=O) groups excluding carboxylic acids is 3. The van der Waals surface area contributed by atoms with Crippen molar-refractivity contribution in [1.82, 2.24) is 10.2 Å². The number of imide groups is 1. The van der Waals surface area contributed by atoms with Crippen molar-refractivity contribution in [2.24, 2.45) is 10.9 Å². The molecular weight excluding hydrogens is 398 g/mol. The first kappa shape index (κ1) is 22.4. The van der Waals surface area contributed by atoms with Crippen LogP contribution in [0.15, 0.2) is 53.1 Å². The number of hydrogen-bond acceptors (Lipinski definition) is 5. The first-order valence-electron chi connectivity index (χ1n) is 10.3. The van der Waals surface area contributed by atoms with Crippen molar-refractivity contribution < 1.29 is 23.9 Å². The van der Waals surface area contributed by atoms with Crippen molar-refractivity contribution in [3.05, 3.63) is 53.6 Å². The molecule has 1 aromatic carbocycles. The number of fused-ring (bicyclic) bond motifs is 1. The lowest BCUT2D eigenvalue weighted by Gasteiger charge is -2.29. The fraction of sp³-hybridized carbons (Fsp3) is 0.391. The lowest BCUT2D eigenvalue weighted by Crippen LogP contribution is -2.46. The predicted molar refractivity (Wildman–Crippen MR) is 116 cm³/mol. The van der Waals surface area contributed by atoms with Crippen LogP contribution in [0, 0.1) is 5.92 Å². The van der Waals surface area contributed by atoms with Crippen LogP contribution in [0.2, 0.25) is 0 Å². The summed E-state index contributed by atoms with van der Waals surface area (Å²) in [4.78, 5) is 42.9. The van der Waals surface area contributed by atoms with E-state index in [4.69, 9.17) is 9.47 Å². The maximum atomic E-state index is 12.9. The van der Waals surface area contributed by atoms with Crippen molar-refractivity contribution >= 4 is 23.6 Å². The second-order valence-electron chi connectivity index (χ2n) is 7.56. The summed E-state index contributed by atoms with van der Waals surface area (Å²) in [5, 5.41) is 2.81. The van der Waals surface area contributed by atoms with Crippen LogP contribution in [0.1, 0.15) is 25.8 Å². The van der Waals surface area contributed by atoms with Crippen LogP contribution < -0.4 is 10.1 Å². The highest BCUT2D eigenvalue weighted by atomic mass is 16.5. The third kappa shape index (κ3) is 5.67. The number of methoxy groups -OCH3 is 1. The van der Waals surface area contributed by atoms with Gasteiger partial charge in [0.15, 0.2) is 0 Å². The predicted octanol–water partition coefficient (Wildman–Crippen LogP) is 2.64. The Hall–Kier alpha value is -3.26. The summed E-state index contributed by atoms with van der Waals surface area (Å²) < 4.78 is 10.6. The van der Waals surface area contributed by atoms with Gasteiger partial charge >= 0.3 is 6.03 Å². The molecule has 31 heavy (non-hydrogen) atoms. The molecule has 1 N–H and O–H groups in total. The van der Waals surface area contributed by atoms with Gasteiger partial charge in [-0.1, -0.05) is 24.3 Å². The van der Waals surface area contributed by atoms with Crippen LogP contribution in [0.4, 0.5) is 4.79 Å². The molecule has 0 bridgehead atoms. The van der Waals surface area contributed by atoms with Gasteiger partial charge in [-0.15, -0.1) is 0 Å². The van der Waals surface area contributed by atoms with Crippen molar-refractivity contribution in [3.8, 4) is 5.75 Å². The molecule has 1 unspecified atom stereocenters. The van der Waals surface area contributed by atoms with Crippen LogP contribution in [0.25, 0.3) is 0 Å². The van der Waals surface area contributed by atoms with E-state index in [0.29, 0.717) is 30.9 Å². The maximum absolute atomic E-state index is 12.9. The Morgan fingerprint density at radius 2 is 1.97 bits per heavy atom. The molecule has 0 fully saturated rings. The third-order valence-electron chi connectivity index (χ3n) is 4.90. The second kappa shape index (κ2) is 10.2. The standard InChI is InChI=1S/C23H27N3O5/c1-15(2)31-12-4-11-24-21(27)17-7-10-19-20(13-17)25-23(29)26(22(19)28)14-16-5-8-18(30-3)9-6-16/h5-10,13,15,19H,4,11-12,14H2,1-3H3,(H,24,27). The molecule has 1 heterocycles. The highest BCUT2D eigenvalue weighted by molar-refractivity contribution is 6.23. The van der Waals surface area contributed by atoms with E-state index in [-0.39, 0.29) is 30.2 Å². The van der Waals surface area contributed by atoms with Gasteiger partial charge < -0.3 is 14.8 Å². The molecule has 164 valence electrons. The van der Waals surface area contributed by atoms with Gasteiger partial charge in [-0.05, 0) is 44.0 Å². The van der Waals surface area contributed by atoms with Gasteiger partial charge in [-0.2, -0.15) is 4.99 Å². The number of amides is 4. The van der Waals surface area contributed by atoms with Gasteiger partial charge in [0.1, 0.15) is 5.75 Å². The van der Waals surface area contributed by atoms with E-state index in [1.165, 1.54) is 6.08 Å². The fourth-order valence-electron chi connectivity index (χ4n) is 3.23. The number of allylic oxidation sites excluding steroid dienone is 1. The zero-order valence-electron chi connectivity index (χ0n) is 18.0. The molecule has 1 atom stereocenters. The molecule has 8 heteroatoms. The first-order valence-corrected chi connectivity index (χ1v) is 10.3. The molecule has 1 aromatic rings. The SMILES string of the molecule is COc1ccc(CN2C(=O)N=C3C=C(C(=O)NCCCOC(C)C)C=CC3C2=O)cc1. The Kier molecular flexibility index (Phi) is 7.36. The number of nitrogens with zero attached hydrogens (tertiary/aromatic N) is 2. The van der Waals surface area contributed by atoms with Gasteiger partial charge in [-0.3, -0.25) is 14.5 Å². The zero-order chi connectivity index (χ0) is 22.4. The lowest BCUT2D eigenvalue weighted by molar-refractivity contribution is -0.130. The number of rotatable bonds is 9. The third-order valence-corrected chi connectivity index (χ3v) is 4.90. The molecule has 4 amide bonds. The number of benzene rings is 1. The van der Waals surface area contributed by atoms with Crippen molar-refractivity contribution in [2.45, 2.75) is 32.9 Å². The highest BCUT2D eigenvalue weighted by Gasteiger charge is 2.36. The van der Waals surface area contributed by atoms with E-state index in [9.17, 15) is 14.4 Å². The topological polar surface area (TPSA) is 97.3 Å². The smallest absolute Gasteiger partial charge is 0.350 e. The minimum atomic E-state index is -0.674. The fourth-order valence-corrected chi connectivity index (χ4v) is 3.23. The summed E-state index contributed by atoms with van der Waals surface area (Å²) >= 11 is 0. The number of nitrogens with one attached hydrogen (secondary N) is 1. The molecule has 1 aliphatic heterocycles. The molecule has 3 rings (SSSR count). The average molecular weight is 425 g/mol. The number of urea groups is 1. The van der Waals surface area contributed by atoms with Crippen LogP contribution in [0.5, 0.6) is 5.75 Å². The van der Waals surface area contributed by atoms with Crippen LogP contribution >= 0.6 is 0 Å². The van der Waals surface area contributed by atoms with Crippen molar-refractivity contribution in [3.63, 3.8) is 0 Å². The Morgan fingerprint density at radius 3 is 2.65 bits per heavy atom. The Balaban J connectivity index is 1.63. The normalized spacial score (nSPS) is 17.9. The van der Waals surface area contributed by atoms with Gasteiger partial charge in [0.25, 0.3) is 5.91 Å². The van der Waals surface area contributed by atoms with E-state index in [2.05, 4.69) is 10.3 Å². The van der Waals surface area contributed by atoms with Crippen LogP contribution in [-0.2, 0) is 20.9 Å². The monoisotopic (exact) mass is 425 g/mol. The molecular formula is C23H27N3O5. The molecule has 0 saturated heterocycles. The van der Waals surface area contributed by atoms with Gasteiger partial charge in [0.05, 0.1) is 31.4 Å². The molecule has 2 aliphatic rings.